The summed E-state index contributed by atoms with van der Waals surface area (Å²) in [5.41, 5.74) is 6.11. The fourth-order valence-electron chi connectivity index (χ4n) is 1.48. The molecule has 0 fully saturated rings. The van der Waals surface area contributed by atoms with Gasteiger partial charge in [0.05, 0.1) is 11.9 Å². The second-order valence-electron chi connectivity index (χ2n) is 4.00. The molecule has 0 radical (unpaired) electrons. The maximum atomic E-state index is 11.9. The highest BCUT2D eigenvalue weighted by molar-refractivity contribution is 5.93. The van der Waals surface area contributed by atoms with Crippen LogP contribution in [0.15, 0.2) is 48.7 Å². The fraction of sp³-hybridized carbons (Fsp3) is 0.143. The van der Waals surface area contributed by atoms with Gasteiger partial charge >= 0.3 is 0 Å². The molecule has 0 bridgehead atoms. The van der Waals surface area contributed by atoms with E-state index in [1.54, 1.807) is 31.3 Å². The van der Waals surface area contributed by atoms with Crippen molar-refractivity contribution in [1.82, 2.24) is 4.98 Å². The van der Waals surface area contributed by atoms with E-state index in [0.717, 1.165) is 0 Å². The number of rotatable bonds is 4. The van der Waals surface area contributed by atoms with Crippen LogP contribution in [-0.4, -0.2) is 24.5 Å². The van der Waals surface area contributed by atoms with Crippen LogP contribution in [0.2, 0.25) is 0 Å². The first-order valence-electron chi connectivity index (χ1n) is 5.83. The lowest BCUT2D eigenvalue weighted by molar-refractivity contribution is -0.120. The zero-order chi connectivity index (χ0) is 13.7. The molecule has 0 saturated carbocycles. The minimum Gasteiger partial charge on any atom is -0.484 e. The third kappa shape index (κ3) is 3.45. The highest BCUT2D eigenvalue weighted by Gasteiger charge is 2.12. The third-order valence-electron chi connectivity index (χ3n) is 2.59. The molecule has 1 heterocycles. The number of amides is 1. The predicted octanol–water partition coefficient (Wildman–Crippen LogP) is 1.71. The van der Waals surface area contributed by atoms with Gasteiger partial charge < -0.3 is 10.5 Å². The Morgan fingerprint density at radius 3 is 2.63 bits per heavy atom. The number of nitrogen functional groups attached to an aromatic ring is 1. The smallest absolute Gasteiger partial charge is 0.265 e. The first-order valence-corrected chi connectivity index (χ1v) is 5.83. The standard InChI is InChI=1S/C14H15N3O2/c1-17(13-8-7-11(15)9-16-13)14(18)10-19-12-5-3-2-4-6-12/h2-9H,10,15H2,1H3. The van der Waals surface area contributed by atoms with Crippen LogP contribution < -0.4 is 15.4 Å². The number of pyridine rings is 1. The van der Waals surface area contributed by atoms with Gasteiger partial charge in [0.25, 0.3) is 5.91 Å². The van der Waals surface area contributed by atoms with Gasteiger partial charge in [-0.05, 0) is 24.3 Å². The lowest BCUT2D eigenvalue weighted by Crippen LogP contribution is -2.31. The summed E-state index contributed by atoms with van der Waals surface area (Å²) in [6.07, 6.45) is 1.51. The van der Waals surface area contributed by atoms with Gasteiger partial charge in [0.1, 0.15) is 11.6 Å². The Labute approximate surface area is 111 Å². The summed E-state index contributed by atoms with van der Waals surface area (Å²) in [7, 11) is 1.65. The maximum Gasteiger partial charge on any atom is 0.265 e. The maximum absolute atomic E-state index is 11.9. The molecule has 5 heteroatoms. The molecule has 0 unspecified atom stereocenters. The average molecular weight is 257 g/mol. The van der Waals surface area contributed by atoms with E-state index in [1.807, 2.05) is 18.2 Å². The van der Waals surface area contributed by atoms with E-state index in [-0.39, 0.29) is 12.5 Å². The van der Waals surface area contributed by atoms with Crippen molar-refractivity contribution in [3.05, 3.63) is 48.7 Å². The van der Waals surface area contributed by atoms with Gasteiger partial charge in [-0.2, -0.15) is 0 Å². The molecule has 1 amide bonds. The van der Waals surface area contributed by atoms with Gasteiger partial charge in [0, 0.05) is 7.05 Å². The van der Waals surface area contributed by atoms with Crippen LogP contribution in [-0.2, 0) is 4.79 Å². The van der Waals surface area contributed by atoms with Crippen LogP contribution in [0.4, 0.5) is 11.5 Å². The largest absolute Gasteiger partial charge is 0.484 e. The normalized spacial score (nSPS) is 9.95. The number of benzene rings is 1. The van der Waals surface area contributed by atoms with Crippen molar-refractivity contribution in [2.45, 2.75) is 0 Å². The topological polar surface area (TPSA) is 68.5 Å². The molecule has 2 aromatic rings. The summed E-state index contributed by atoms with van der Waals surface area (Å²) in [6.45, 7) is -0.0351. The molecule has 1 aromatic carbocycles. The Bertz CT molecular complexity index is 540. The number of nitrogens with zero attached hydrogens (tertiary/aromatic N) is 2. The number of nitrogens with two attached hydrogens (primary N) is 1. The first kappa shape index (κ1) is 12.9. The number of anilines is 2. The molecule has 0 atom stereocenters. The van der Waals surface area contributed by atoms with Gasteiger partial charge in [0.2, 0.25) is 0 Å². The summed E-state index contributed by atoms with van der Waals surface area (Å²) in [6, 6.07) is 12.6. The molecule has 0 spiro atoms. The Morgan fingerprint density at radius 2 is 2.00 bits per heavy atom. The molecule has 0 saturated heterocycles. The number of likely N-dealkylation sites (N-methyl/N-ethyl adjacent to an activating group) is 1. The number of hydrogen-bond donors (Lipinski definition) is 1. The minimum atomic E-state index is -0.180. The predicted molar refractivity (Wildman–Crippen MR) is 74.0 cm³/mol. The van der Waals surface area contributed by atoms with Crippen molar-refractivity contribution in [3.63, 3.8) is 0 Å². The lowest BCUT2D eigenvalue weighted by atomic mass is 10.3. The zero-order valence-electron chi connectivity index (χ0n) is 10.6. The molecule has 5 nitrogen and oxygen atoms in total. The van der Waals surface area contributed by atoms with Gasteiger partial charge in [-0.1, -0.05) is 18.2 Å². The fourth-order valence-corrected chi connectivity index (χ4v) is 1.48. The van der Waals surface area contributed by atoms with E-state index >= 15 is 0 Å². The number of ether oxygens (including phenoxy) is 1. The molecular weight excluding hydrogens is 242 g/mol. The second kappa shape index (κ2) is 5.86. The molecule has 1 aromatic heterocycles. The highest BCUT2D eigenvalue weighted by Crippen LogP contribution is 2.12. The van der Waals surface area contributed by atoms with Gasteiger partial charge in [0.15, 0.2) is 6.61 Å². The second-order valence-corrected chi connectivity index (χ2v) is 4.00. The zero-order valence-corrected chi connectivity index (χ0v) is 10.6. The first-order chi connectivity index (χ1) is 9.16. The van der Waals surface area contributed by atoms with Crippen LogP contribution in [0.5, 0.6) is 5.75 Å². The summed E-state index contributed by atoms with van der Waals surface area (Å²) < 4.78 is 5.39. The molecule has 2 N–H and O–H groups in total. The van der Waals surface area contributed by atoms with Crippen LogP contribution in [0.1, 0.15) is 0 Å². The molecule has 0 aliphatic heterocycles. The van der Waals surface area contributed by atoms with E-state index in [4.69, 9.17) is 10.5 Å². The van der Waals surface area contributed by atoms with Gasteiger partial charge in [-0.25, -0.2) is 4.98 Å². The third-order valence-corrected chi connectivity index (χ3v) is 2.59. The van der Waals surface area contributed by atoms with Crippen molar-refractivity contribution < 1.29 is 9.53 Å². The number of para-hydroxylation sites is 1. The number of hydrogen-bond acceptors (Lipinski definition) is 4. The van der Waals surface area contributed by atoms with Crippen LogP contribution >= 0.6 is 0 Å². The van der Waals surface area contributed by atoms with Crippen LogP contribution in [0.3, 0.4) is 0 Å². The van der Waals surface area contributed by atoms with Crippen molar-refractivity contribution in [2.75, 3.05) is 24.3 Å². The van der Waals surface area contributed by atoms with E-state index in [2.05, 4.69) is 4.98 Å². The summed E-state index contributed by atoms with van der Waals surface area (Å²) >= 11 is 0. The minimum absolute atomic E-state index is 0.0351. The Hall–Kier alpha value is -2.56. The number of carbonyl (C=O) groups is 1. The van der Waals surface area contributed by atoms with Gasteiger partial charge in [-0.3, -0.25) is 9.69 Å². The van der Waals surface area contributed by atoms with E-state index in [1.165, 1.54) is 11.1 Å². The van der Waals surface area contributed by atoms with Gasteiger partial charge in [-0.15, -0.1) is 0 Å². The van der Waals surface area contributed by atoms with Crippen molar-refractivity contribution >= 4 is 17.4 Å². The summed E-state index contributed by atoms with van der Waals surface area (Å²) in [5.74, 6) is 1.02. The number of aromatic nitrogens is 1. The van der Waals surface area contributed by atoms with Crippen molar-refractivity contribution in [1.29, 1.82) is 0 Å². The molecule has 2 rings (SSSR count). The molecule has 98 valence electrons. The summed E-state index contributed by atoms with van der Waals surface area (Å²) in [4.78, 5) is 17.4. The molecule has 0 aliphatic carbocycles. The monoisotopic (exact) mass is 257 g/mol. The van der Waals surface area contributed by atoms with Crippen molar-refractivity contribution in [3.8, 4) is 5.75 Å². The Kier molecular flexibility index (Phi) is 3.97. The SMILES string of the molecule is CN(C(=O)COc1ccccc1)c1ccc(N)cn1. The highest BCUT2D eigenvalue weighted by atomic mass is 16.5. The van der Waals surface area contributed by atoms with Crippen LogP contribution in [0, 0.1) is 0 Å². The Balaban J connectivity index is 1.94. The molecular formula is C14H15N3O2. The van der Waals surface area contributed by atoms with E-state index in [0.29, 0.717) is 17.3 Å². The van der Waals surface area contributed by atoms with Crippen molar-refractivity contribution in [2.24, 2.45) is 0 Å². The summed E-state index contributed by atoms with van der Waals surface area (Å²) in [5, 5.41) is 0. The Morgan fingerprint density at radius 1 is 1.26 bits per heavy atom. The number of carbonyl (C=O) groups excluding carboxylic acids is 1. The van der Waals surface area contributed by atoms with Crippen LogP contribution in [0.25, 0.3) is 0 Å². The average Bonchev–Trinajstić information content (AvgIpc) is 2.46. The van der Waals surface area contributed by atoms with E-state index < -0.39 is 0 Å². The lowest BCUT2D eigenvalue weighted by Gasteiger charge is -2.16. The quantitative estimate of drug-likeness (QED) is 0.905. The molecule has 0 aliphatic rings. The molecule has 19 heavy (non-hydrogen) atoms. The van der Waals surface area contributed by atoms with E-state index in [9.17, 15) is 4.79 Å².